The zero-order chi connectivity index (χ0) is 30.0. The molecule has 10 atom stereocenters. The van der Waals surface area contributed by atoms with Gasteiger partial charge in [0.25, 0.3) is 0 Å². The Bertz CT molecular complexity index is 1510. The number of esters is 5. The third-order valence-electron chi connectivity index (χ3n) is 10.5. The SMILES string of the molecule is COC(=O)C1C(C=O)C2CC(C(=O)Oc3ccc(-c4ccc(OC(=O)C5CC6CC5C5C(=O)OC(=O)C65)cc4)cc3)C1C2. The Morgan fingerprint density at radius 1 is 0.698 bits per heavy atom. The summed E-state index contributed by atoms with van der Waals surface area (Å²) in [6.07, 6.45) is 3.15. The molecular weight excluding hydrogens is 556 g/mol. The fourth-order valence-electron chi connectivity index (χ4n) is 8.68. The number of fused-ring (bicyclic) bond motifs is 7. The molecule has 2 aromatic rings. The molecule has 4 saturated carbocycles. The number of cyclic esters (lactones) is 2. The van der Waals surface area contributed by atoms with Crippen LogP contribution >= 0.6 is 0 Å². The van der Waals surface area contributed by atoms with Gasteiger partial charge in [-0.05, 0) is 84.7 Å². The van der Waals surface area contributed by atoms with Crippen molar-refractivity contribution in [1.82, 2.24) is 0 Å². The van der Waals surface area contributed by atoms with Crippen LogP contribution in [0.2, 0.25) is 0 Å². The molecule has 4 bridgehead atoms. The molecule has 2 aromatic carbocycles. The van der Waals surface area contributed by atoms with Crippen LogP contribution < -0.4 is 9.47 Å². The maximum atomic E-state index is 13.0. The average molecular weight is 587 g/mol. The fourth-order valence-corrected chi connectivity index (χ4v) is 8.68. The summed E-state index contributed by atoms with van der Waals surface area (Å²) in [5.74, 6) is -4.87. The largest absolute Gasteiger partial charge is 0.469 e. The zero-order valence-electron chi connectivity index (χ0n) is 23.4. The lowest BCUT2D eigenvalue weighted by molar-refractivity contribution is -0.156. The predicted octanol–water partition coefficient (Wildman–Crippen LogP) is 3.40. The first-order valence-electron chi connectivity index (χ1n) is 14.7. The number of methoxy groups -OCH3 is 1. The summed E-state index contributed by atoms with van der Waals surface area (Å²) in [5, 5.41) is 0. The number of ether oxygens (including phenoxy) is 4. The van der Waals surface area contributed by atoms with E-state index in [1.54, 1.807) is 24.3 Å². The van der Waals surface area contributed by atoms with Crippen LogP contribution in [0.1, 0.15) is 25.7 Å². The van der Waals surface area contributed by atoms with Crippen LogP contribution in [-0.4, -0.2) is 43.2 Å². The van der Waals surface area contributed by atoms with Crippen LogP contribution in [0, 0.1) is 59.2 Å². The number of hydrogen-bond acceptors (Lipinski definition) is 10. The van der Waals surface area contributed by atoms with Crippen molar-refractivity contribution in [1.29, 1.82) is 0 Å². The Balaban J connectivity index is 0.957. The molecule has 7 rings (SSSR count). The molecule has 222 valence electrons. The zero-order valence-corrected chi connectivity index (χ0v) is 23.4. The molecular formula is C33H30O10. The van der Waals surface area contributed by atoms with Crippen molar-refractivity contribution in [3.63, 3.8) is 0 Å². The molecule has 10 unspecified atom stereocenters. The molecule has 0 radical (unpaired) electrons. The molecule has 1 saturated heterocycles. The van der Waals surface area contributed by atoms with Gasteiger partial charge in [0, 0.05) is 5.92 Å². The molecule has 0 amide bonds. The van der Waals surface area contributed by atoms with E-state index < -0.39 is 65.4 Å². The molecule has 1 heterocycles. The second-order valence-corrected chi connectivity index (χ2v) is 12.4. The Hall–Kier alpha value is -4.34. The van der Waals surface area contributed by atoms with Crippen molar-refractivity contribution in [2.45, 2.75) is 25.7 Å². The van der Waals surface area contributed by atoms with Crippen molar-refractivity contribution >= 4 is 36.1 Å². The van der Waals surface area contributed by atoms with Gasteiger partial charge in [0.2, 0.25) is 0 Å². The van der Waals surface area contributed by atoms with Gasteiger partial charge in [-0.25, -0.2) is 0 Å². The lowest BCUT2D eigenvalue weighted by Gasteiger charge is -2.30. The van der Waals surface area contributed by atoms with Crippen LogP contribution in [0.4, 0.5) is 0 Å². The Labute approximate surface area is 247 Å². The third-order valence-corrected chi connectivity index (χ3v) is 10.5. The van der Waals surface area contributed by atoms with Crippen LogP contribution in [0.25, 0.3) is 11.1 Å². The monoisotopic (exact) mass is 586 g/mol. The standard InChI is InChI=1S/C33H30O10/c1-40-31(37)27-21-10-17(25(27)14-34)11-23(21)29(35)41-19-6-2-15(3-7-19)16-4-8-20(9-5-16)42-30(36)24-13-18-12-22(24)28-26(18)32(38)43-33(28)39/h2-9,14,17-18,21-28H,10-13H2,1H3. The minimum Gasteiger partial charge on any atom is -0.469 e. The highest BCUT2D eigenvalue weighted by Gasteiger charge is 2.64. The number of rotatable bonds is 7. The van der Waals surface area contributed by atoms with E-state index in [9.17, 15) is 28.8 Å². The summed E-state index contributed by atoms with van der Waals surface area (Å²) in [7, 11) is 1.29. The highest BCUT2D eigenvalue weighted by molar-refractivity contribution is 5.98. The second kappa shape index (κ2) is 10.4. The maximum absolute atomic E-state index is 13.0. The van der Waals surface area contributed by atoms with Gasteiger partial charge in [-0.15, -0.1) is 0 Å². The van der Waals surface area contributed by atoms with Gasteiger partial charge in [-0.1, -0.05) is 24.3 Å². The maximum Gasteiger partial charge on any atom is 0.317 e. The van der Waals surface area contributed by atoms with Gasteiger partial charge in [-0.2, -0.15) is 0 Å². The second-order valence-electron chi connectivity index (χ2n) is 12.4. The van der Waals surface area contributed by atoms with Gasteiger partial charge in [0.15, 0.2) is 0 Å². The molecule has 0 N–H and O–H groups in total. The molecule has 0 spiro atoms. The number of carbonyl (C=O) groups excluding carboxylic acids is 6. The van der Waals surface area contributed by atoms with Crippen molar-refractivity contribution in [3.8, 4) is 22.6 Å². The topological polar surface area (TPSA) is 139 Å². The van der Waals surface area contributed by atoms with E-state index in [4.69, 9.17) is 18.9 Å². The van der Waals surface area contributed by atoms with E-state index in [0.717, 1.165) is 17.4 Å². The van der Waals surface area contributed by atoms with E-state index in [1.165, 1.54) is 7.11 Å². The minimum absolute atomic E-state index is 0.0176. The van der Waals surface area contributed by atoms with E-state index in [2.05, 4.69) is 0 Å². The molecule has 5 fully saturated rings. The van der Waals surface area contributed by atoms with Crippen LogP contribution in [0.15, 0.2) is 48.5 Å². The van der Waals surface area contributed by atoms with E-state index in [0.29, 0.717) is 37.2 Å². The fraction of sp³-hybridized carbons (Fsp3) is 0.455. The summed E-state index contributed by atoms with van der Waals surface area (Å²) in [5.41, 5.74) is 1.72. The lowest BCUT2D eigenvalue weighted by atomic mass is 9.74. The van der Waals surface area contributed by atoms with Crippen molar-refractivity contribution in [2.75, 3.05) is 7.11 Å². The van der Waals surface area contributed by atoms with Crippen molar-refractivity contribution in [2.24, 2.45) is 59.2 Å². The van der Waals surface area contributed by atoms with Crippen LogP contribution in [0.5, 0.6) is 11.5 Å². The first-order valence-corrected chi connectivity index (χ1v) is 14.7. The summed E-state index contributed by atoms with van der Waals surface area (Å²) in [6.45, 7) is 0. The van der Waals surface area contributed by atoms with Crippen LogP contribution in [0.3, 0.4) is 0 Å². The molecule has 1 aliphatic heterocycles. The summed E-state index contributed by atoms with van der Waals surface area (Å²) in [4.78, 5) is 74.0. The summed E-state index contributed by atoms with van der Waals surface area (Å²) in [6, 6.07) is 14.1. The minimum atomic E-state index is -0.610. The van der Waals surface area contributed by atoms with Crippen LogP contribution in [-0.2, 0) is 38.2 Å². The van der Waals surface area contributed by atoms with Gasteiger partial charge in [0.05, 0.1) is 36.7 Å². The summed E-state index contributed by atoms with van der Waals surface area (Å²) < 4.78 is 21.0. The first kappa shape index (κ1) is 27.5. The normalized spacial score (nSPS) is 34.9. The average Bonchev–Trinajstić information content (AvgIpc) is 3.83. The van der Waals surface area contributed by atoms with Crippen molar-refractivity contribution in [3.05, 3.63) is 48.5 Å². The highest BCUT2D eigenvalue weighted by Crippen LogP contribution is 2.58. The predicted molar refractivity (Wildman–Crippen MR) is 146 cm³/mol. The van der Waals surface area contributed by atoms with E-state index in [1.807, 2.05) is 24.3 Å². The quantitative estimate of drug-likeness (QED) is 0.205. The molecule has 5 aliphatic rings. The van der Waals surface area contributed by atoms with Gasteiger partial charge in [-0.3, -0.25) is 24.0 Å². The van der Waals surface area contributed by atoms with Crippen molar-refractivity contribution < 1.29 is 47.7 Å². The number of hydrogen-bond donors (Lipinski definition) is 0. The third kappa shape index (κ3) is 4.46. The Kier molecular flexibility index (Phi) is 6.67. The van der Waals surface area contributed by atoms with E-state index in [-0.39, 0.29) is 23.7 Å². The lowest BCUT2D eigenvalue weighted by Crippen LogP contribution is -2.39. The number of benzene rings is 2. The number of aldehydes is 1. The molecule has 0 aromatic heterocycles. The Morgan fingerprint density at radius 3 is 1.77 bits per heavy atom. The molecule has 4 aliphatic carbocycles. The van der Waals surface area contributed by atoms with Gasteiger partial charge in [0.1, 0.15) is 17.8 Å². The van der Waals surface area contributed by atoms with Gasteiger partial charge >= 0.3 is 29.8 Å². The number of carbonyl (C=O) groups is 6. The summed E-state index contributed by atoms with van der Waals surface area (Å²) >= 11 is 0. The molecule has 10 nitrogen and oxygen atoms in total. The molecule has 43 heavy (non-hydrogen) atoms. The van der Waals surface area contributed by atoms with E-state index >= 15 is 0 Å². The first-order chi connectivity index (χ1) is 20.8. The molecule has 10 heteroatoms. The van der Waals surface area contributed by atoms with Gasteiger partial charge < -0.3 is 23.7 Å². The smallest absolute Gasteiger partial charge is 0.317 e. The highest BCUT2D eigenvalue weighted by atomic mass is 16.6. The Morgan fingerprint density at radius 2 is 1.21 bits per heavy atom.